The Bertz CT molecular complexity index is 363. The Balaban J connectivity index is 2.99. The Morgan fingerprint density at radius 2 is 1.80 bits per heavy atom. The van der Waals surface area contributed by atoms with E-state index in [2.05, 4.69) is 4.74 Å². The van der Waals surface area contributed by atoms with Gasteiger partial charge in [-0.1, -0.05) is 18.2 Å². The lowest BCUT2D eigenvalue weighted by Crippen LogP contribution is -2.03. The number of carbonyl (C=O) groups is 1. The molecule has 1 aromatic rings. The molecule has 0 atom stereocenters. The van der Waals surface area contributed by atoms with Gasteiger partial charge in [-0.2, -0.15) is 0 Å². The molecule has 0 radical (unpaired) electrons. The van der Waals surface area contributed by atoms with Crippen LogP contribution in [0, 0.1) is 0 Å². The standard InChI is InChI=1S/C12H14O3/c1-4-11(12(13)15-3)9-5-7-10(14-2)8-6-9/h4-8H,1-3H3/b11-4-. The van der Waals surface area contributed by atoms with Gasteiger partial charge in [0.15, 0.2) is 0 Å². The van der Waals surface area contributed by atoms with Gasteiger partial charge in [0.05, 0.1) is 19.8 Å². The average molecular weight is 206 g/mol. The highest BCUT2D eigenvalue weighted by molar-refractivity contribution is 6.16. The smallest absolute Gasteiger partial charge is 0.338 e. The van der Waals surface area contributed by atoms with Gasteiger partial charge in [-0.15, -0.1) is 0 Å². The fourth-order valence-corrected chi connectivity index (χ4v) is 1.28. The molecular weight excluding hydrogens is 192 g/mol. The van der Waals surface area contributed by atoms with Crippen molar-refractivity contribution in [3.05, 3.63) is 35.9 Å². The Labute approximate surface area is 89.3 Å². The van der Waals surface area contributed by atoms with Crippen molar-refractivity contribution in [3.8, 4) is 5.75 Å². The van der Waals surface area contributed by atoms with Crippen LogP contribution >= 0.6 is 0 Å². The van der Waals surface area contributed by atoms with Crippen molar-refractivity contribution in [1.29, 1.82) is 0 Å². The third-order valence-electron chi connectivity index (χ3n) is 2.10. The predicted octanol–water partition coefficient (Wildman–Crippen LogP) is 2.27. The SMILES string of the molecule is C/C=C(\C(=O)OC)c1ccc(OC)cc1. The molecule has 0 aliphatic carbocycles. The molecule has 0 amide bonds. The minimum Gasteiger partial charge on any atom is -0.497 e. The molecule has 0 unspecified atom stereocenters. The molecule has 1 rings (SSSR count). The second kappa shape index (κ2) is 5.20. The van der Waals surface area contributed by atoms with Crippen LogP contribution in [0.4, 0.5) is 0 Å². The first-order chi connectivity index (χ1) is 7.22. The highest BCUT2D eigenvalue weighted by atomic mass is 16.5. The van der Waals surface area contributed by atoms with E-state index < -0.39 is 0 Å². The number of hydrogen-bond donors (Lipinski definition) is 0. The van der Waals surface area contributed by atoms with Gasteiger partial charge in [-0.05, 0) is 24.6 Å². The summed E-state index contributed by atoms with van der Waals surface area (Å²) in [5, 5.41) is 0. The molecule has 3 heteroatoms. The van der Waals surface area contributed by atoms with E-state index in [0.717, 1.165) is 11.3 Å². The molecule has 0 spiro atoms. The molecule has 0 fully saturated rings. The molecule has 80 valence electrons. The van der Waals surface area contributed by atoms with Crippen LogP contribution in [0.3, 0.4) is 0 Å². The molecule has 0 heterocycles. The fourth-order valence-electron chi connectivity index (χ4n) is 1.28. The zero-order chi connectivity index (χ0) is 11.3. The summed E-state index contributed by atoms with van der Waals surface area (Å²) >= 11 is 0. The fraction of sp³-hybridized carbons (Fsp3) is 0.250. The molecule has 1 aromatic carbocycles. The summed E-state index contributed by atoms with van der Waals surface area (Å²) in [6.45, 7) is 1.80. The van der Waals surface area contributed by atoms with Crippen molar-refractivity contribution in [2.24, 2.45) is 0 Å². The zero-order valence-electron chi connectivity index (χ0n) is 9.11. The van der Waals surface area contributed by atoms with Crippen molar-refractivity contribution in [2.75, 3.05) is 14.2 Å². The van der Waals surface area contributed by atoms with Gasteiger partial charge in [-0.25, -0.2) is 4.79 Å². The molecule has 0 aliphatic rings. The third-order valence-corrected chi connectivity index (χ3v) is 2.10. The molecule has 15 heavy (non-hydrogen) atoms. The zero-order valence-corrected chi connectivity index (χ0v) is 9.11. The van der Waals surface area contributed by atoms with Crippen molar-refractivity contribution in [2.45, 2.75) is 6.92 Å². The summed E-state index contributed by atoms with van der Waals surface area (Å²) < 4.78 is 9.71. The first-order valence-electron chi connectivity index (χ1n) is 4.62. The van der Waals surface area contributed by atoms with Gasteiger partial charge in [0, 0.05) is 0 Å². The van der Waals surface area contributed by atoms with Gasteiger partial charge in [0.2, 0.25) is 0 Å². The summed E-state index contributed by atoms with van der Waals surface area (Å²) in [6, 6.07) is 7.26. The highest BCUT2D eigenvalue weighted by Gasteiger charge is 2.10. The highest BCUT2D eigenvalue weighted by Crippen LogP contribution is 2.19. The van der Waals surface area contributed by atoms with Crippen LogP contribution in [0.1, 0.15) is 12.5 Å². The molecule has 0 N–H and O–H groups in total. The van der Waals surface area contributed by atoms with Crippen molar-refractivity contribution < 1.29 is 14.3 Å². The van der Waals surface area contributed by atoms with Gasteiger partial charge >= 0.3 is 5.97 Å². The number of methoxy groups -OCH3 is 2. The van der Waals surface area contributed by atoms with Crippen LogP contribution in [0.2, 0.25) is 0 Å². The van der Waals surface area contributed by atoms with Crippen molar-refractivity contribution >= 4 is 11.5 Å². The second-order valence-electron chi connectivity index (χ2n) is 2.92. The summed E-state index contributed by atoms with van der Waals surface area (Å²) in [6.07, 6.45) is 1.73. The molecule has 0 bridgehead atoms. The van der Waals surface area contributed by atoms with Gasteiger partial charge in [0.25, 0.3) is 0 Å². The van der Waals surface area contributed by atoms with E-state index in [9.17, 15) is 4.79 Å². The normalized spacial score (nSPS) is 11.0. The maximum atomic E-state index is 11.4. The number of ether oxygens (including phenoxy) is 2. The predicted molar refractivity (Wildman–Crippen MR) is 58.7 cm³/mol. The Kier molecular flexibility index (Phi) is 3.92. The van der Waals surface area contributed by atoms with Crippen LogP contribution in [0.5, 0.6) is 5.75 Å². The average Bonchev–Trinajstić information content (AvgIpc) is 2.30. The second-order valence-corrected chi connectivity index (χ2v) is 2.92. The Hall–Kier alpha value is -1.77. The van der Waals surface area contributed by atoms with E-state index >= 15 is 0 Å². The van der Waals surface area contributed by atoms with Crippen LogP contribution in [-0.4, -0.2) is 20.2 Å². The van der Waals surface area contributed by atoms with Crippen LogP contribution in [0.25, 0.3) is 5.57 Å². The van der Waals surface area contributed by atoms with E-state index in [0.29, 0.717) is 5.57 Å². The molecule has 0 aromatic heterocycles. The summed E-state index contributed by atoms with van der Waals surface area (Å²) in [5.74, 6) is 0.432. The first kappa shape index (κ1) is 11.3. The van der Waals surface area contributed by atoms with Crippen molar-refractivity contribution in [3.63, 3.8) is 0 Å². The van der Waals surface area contributed by atoms with Crippen molar-refractivity contribution in [1.82, 2.24) is 0 Å². The van der Waals surface area contributed by atoms with Gasteiger partial charge in [-0.3, -0.25) is 0 Å². The van der Waals surface area contributed by atoms with E-state index in [-0.39, 0.29) is 5.97 Å². The Morgan fingerprint density at radius 1 is 1.20 bits per heavy atom. The molecule has 0 saturated carbocycles. The quantitative estimate of drug-likeness (QED) is 0.562. The largest absolute Gasteiger partial charge is 0.497 e. The summed E-state index contributed by atoms with van der Waals surface area (Å²) in [5.41, 5.74) is 1.38. The number of esters is 1. The monoisotopic (exact) mass is 206 g/mol. The van der Waals surface area contributed by atoms with E-state index in [1.165, 1.54) is 7.11 Å². The van der Waals surface area contributed by atoms with Gasteiger partial charge in [0.1, 0.15) is 5.75 Å². The lowest BCUT2D eigenvalue weighted by molar-refractivity contribution is -0.133. The van der Waals surface area contributed by atoms with Crippen LogP contribution < -0.4 is 4.74 Å². The summed E-state index contributed by atoms with van der Waals surface area (Å²) in [7, 11) is 2.97. The maximum Gasteiger partial charge on any atom is 0.338 e. The molecular formula is C12H14O3. The van der Waals surface area contributed by atoms with Gasteiger partial charge < -0.3 is 9.47 Å². The number of hydrogen-bond acceptors (Lipinski definition) is 3. The summed E-state index contributed by atoms with van der Waals surface area (Å²) in [4.78, 5) is 11.4. The Morgan fingerprint density at radius 3 is 2.20 bits per heavy atom. The van der Waals surface area contributed by atoms with E-state index in [1.54, 1.807) is 20.1 Å². The minimum atomic E-state index is -0.331. The van der Waals surface area contributed by atoms with E-state index in [4.69, 9.17) is 4.74 Å². The van der Waals surface area contributed by atoms with E-state index in [1.807, 2.05) is 24.3 Å². The maximum absolute atomic E-state index is 11.4. The third kappa shape index (κ3) is 2.59. The first-order valence-corrected chi connectivity index (χ1v) is 4.62. The number of benzene rings is 1. The number of allylic oxidation sites excluding steroid dienone is 1. The lowest BCUT2D eigenvalue weighted by atomic mass is 10.1. The molecule has 0 saturated heterocycles. The van der Waals surface area contributed by atoms with Crippen LogP contribution in [-0.2, 0) is 9.53 Å². The minimum absolute atomic E-state index is 0.331. The lowest BCUT2D eigenvalue weighted by Gasteiger charge is -2.05. The van der Waals surface area contributed by atoms with Crippen LogP contribution in [0.15, 0.2) is 30.3 Å². The number of rotatable bonds is 3. The number of carbonyl (C=O) groups excluding carboxylic acids is 1. The molecule has 0 aliphatic heterocycles. The molecule has 3 nitrogen and oxygen atoms in total. The topological polar surface area (TPSA) is 35.5 Å².